The molecule has 0 saturated carbocycles. The summed E-state index contributed by atoms with van der Waals surface area (Å²) >= 11 is 1.40. The van der Waals surface area contributed by atoms with Gasteiger partial charge in [-0.05, 0) is 31.5 Å². The van der Waals surface area contributed by atoms with Gasteiger partial charge < -0.3 is 14.1 Å². The van der Waals surface area contributed by atoms with Gasteiger partial charge in [0.05, 0.1) is 30.8 Å². The number of morpholine rings is 1. The fourth-order valence-corrected chi connectivity index (χ4v) is 4.33. The third-order valence-electron chi connectivity index (χ3n) is 4.74. The van der Waals surface area contributed by atoms with Gasteiger partial charge >= 0.3 is 0 Å². The van der Waals surface area contributed by atoms with Crippen molar-refractivity contribution in [2.45, 2.75) is 37.8 Å². The summed E-state index contributed by atoms with van der Waals surface area (Å²) in [7, 11) is 0. The Morgan fingerprint density at radius 3 is 2.55 bits per heavy atom. The number of benzene rings is 1. The van der Waals surface area contributed by atoms with Crippen molar-refractivity contribution in [2.24, 2.45) is 0 Å². The first-order valence-corrected chi connectivity index (χ1v) is 10.7. The van der Waals surface area contributed by atoms with Gasteiger partial charge in [-0.1, -0.05) is 42.1 Å². The molecule has 0 aliphatic carbocycles. The van der Waals surface area contributed by atoms with Crippen molar-refractivity contribution >= 4 is 17.7 Å². The molecule has 2 aromatic heterocycles. The second-order valence-corrected chi connectivity index (χ2v) is 8.14. The number of carbonyl (C=O) groups is 1. The van der Waals surface area contributed by atoms with Crippen molar-refractivity contribution in [3.63, 3.8) is 0 Å². The van der Waals surface area contributed by atoms with E-state index < -0.39 is 0 Å². The first-order valence-electron chi connectivity index (χ1n) is 9.67. The molecule has 4 rings (SSSR count). The summed E-state index contributed by atoms with van der Waals surface area (Å²) in [4.78, 5) is 14.6. The topological polar surface area (TPSA) is 73.4 Å². The van der Waals surface area contributed by atoms with Gasteiger partial charge in [0, 0.05) is 13.1 Å². The molecule has 0 radical (unpaired) electrons. The number of ether oxygens (including phenoxy) is 1. The maximum Gasteiger partial charge on any atom is 0.233 e. The fourth-order valence-electron chi connectivity index (χ4n) is 3.49. The van der Waals surface area contributed by atoms with Gasteiger partial charge in [-0.15, -0.1) is 10.2 Å². The monoisotopic (exact) mass is 412 g/mol. The molecular weight excluding hydrogens is 388 g/mol. The Balaban J connectivity index is 1.51. The molecule has 152 valence electrons. The molecule has 1 aliphatic rings. The van der Waals surface area contributed by atoms with E-state index in [4.69, 9.17) is 9.15 Å². The smallest absolute Gasteiger partial charge is 0.233 e. The number of aromatic nitrogens is 3. The highest BCUT2D eigenvalue weighted by molar-refractivity contribution is 7.99. The van der Waals surface area contributed by atoms with E-state index in [2.05, 4.69) is 22.3 Å². The third kappa shape index (κ3) is 4.71. The van der Waals surface area contributed by atoms with Crippen molar-refractivity contribution in [2.75, 3.05) is 18.8 Å². The predicted octanol–water partition coefficient (Wildman–Crippen LogP) is 3.31. The zero-order valence-electron chi connectivity index (χ0n) is 16.5. The first kappa shape index (κ1) is 19.7. The Labute approximate surface area is 174 Å². The van der Waals surface area contributed by atoms with Crippen LogP contribution in [0.5, 0.6) is 0 Å². The minimum atomic E-state index is 0.0555. The first-order chi connectivity index (χ1) is 14.1. The Bertz CT molecular complexity index is 932. The van der Waals surface area contributed by atoms with Crippen molar-refractivity contribution in [1.82, 2.24) is 19.7 Å². The molecule has 0 N–H and O–H groups in total. The molecule has 1 aromatic carbocycles. The molecule has 3 heterocycles. The molecule has 29 heavy (non-hydrogen) atoms. The average Bonchev–Trinajstić information content (AvgIpc) is 3.36. The molecule has 0 unspecified atom stereocenters. The second-order valence-electron chi connectivity index (χ2n) is 7.20. The summed E-state index contributed by atoms with van der Waals surface area (Å²) in [6, 6.07) is 13.8. The largest absolute Gasteiger partial charge is 0.461 e. The number of thioether (sulfide) groups is 1. The zero-order valence-corrected chi connectivity index (χ0v) is 17.3. The molecule has 7 nitrogen and oxygen atoms in total. The molecule has 1 amide bonds. The summed E-state index contributed by atoms with van der Waals surface area (Å²) in [6.07, 6.45) is 1.73. The van der Waals surface area contributed by atoms with Gasteiger partial charge in [-0.25, -0.2) is 0 Å². The van der Waals surface area contributed by atoms with E-state index >= 15 is 0 Å². The summed E-state index contributed by atoms with van der Waals surface area (Å²) in [5, 5.41) is 9.36. The lowest BCUT2D eigenvalue weighted by molar-refractivity contribution is -0.140. The highest BCUT2D eigenvalue weighted by atomic mass is 32.2. The van der Waals surface area contributed by atoms with Crippen LogP contribution in [-0.4, -0.2) is 56.6 Å². The molecule has 0 bridgehead atoms. The molecular formula is C21H24N4O3S. The molecule has 0 spiro atoms. The van der Waals surface area contributed by atoms with E-state index in [1.807, 2.05) is 53.6 Å². The van der Waals surface area contributed by atoms with Crippen LogP contribution in [0.4, 0.5) is 0 Å². The van der Waals surface area contributed by atoms with Gasteiger partial charge in [0.1, 0.15) is 0 Å². The fraction of sp³-hybridized carbons (Fsp3) is 0.381. The number of carbonyl (C=O) groups excluding carboxylic acids is 1. The standard InChI is InChI=1S/C21H24N4O3S/c1-15-11-24(12-16(2)28-15)19(26)14-29-21-23-22-20(18-9-6-10-27-18)25(21)13-17-7-4-3-5-8-17/h3-10,15-16H,11-14H2,1-2H3/t15-,16-/m1/s1. The quantitative estimate of drug-likeness (QED) is 0.579. The van der Waals surface area contributed by atoms with Crippen molar-refractivity contribution in [3.05, 3.63) is 54.3 Å². The summed E-state index contributed by atoms with van der Waals surface area (Å²) in [5.41, 5.74) is 1.13. The minimum Gasteiger partial charge on any atom is -0.461 e. The Hall–Kier alpha value is -2.58. The lowest BCUT2D eigenvalue weighted by Crippen LogP contribution is -2.48. The Kier molecular flexibility index (Phi) is 6.01. The van der Waals surface area contributed by atoms with Gasteiger partial charge in [0.2, 0.25) is 11.7 Å². The number of furan rings is 1. The summed E-state index contributed by atoms with van der Waals surface area (Å²) < 4.78 is 13.3. The zero-order chi connectivity index (χ0) is 20.2. The van der Waals surface area contributed by atoms with Crippen LogP contribution in [0.1, 0.15) is 19.4 Å². The highest BCUT2D eigenvalue weighted by Crippen LogP contribution is 2.26. The Morgan fingerprint density at radius 2 is 1.86 bits per heavy atom. The van der Waals surface area contributed by atoms with Gasteiger partial charge in [-0.2, -0.15) is 0 Å². The van der Waals surface area contributed by atoms with E-state index in [-0.39, 0.29) is 18.1 Å². The van der Waals surface area contributed by atoms with Crippen LogP contribution < -0.4 is 0 Å². The van der Waals surface area contributed by atoms with Crippen LogP contribution in [0.2, 0.25) is 0 Å². The average molecular weight is 413 g/mol. The van der Waals surface area contributed by atoms with Crippen molar-refractivity contribution in [1.29, 1.82) is 0 Å². The number of hydrogen-bond acceptors (Lipinski definition) is 6. The van der Waals surface area contributed by atoms with E-state index in [0.717, 1.165) is 5.56 Å². The van der Waals surface area contributed by atoms with Crippen LogP contribution in [0.15, 0.2) is 58.3 Å². The molecule has 1 fully saturated rings. The second kappa shape index (κ2) is 8.84. The SMILES string of the molecule is C[C@@H]1CN(C(=O)CSc2nnc(-c3ccco3)n2Cc2ccccc2)C[C@@H](C)O1. The third-order valence-corrected chi connectivity index (χ3v) is 5.69. The van der Waals surface area contributed by atoms with Gasteiger partial charge in [0.25, 0.3) is 0 Å². The number of rotatable bonds is 6. The minimum absolute atomic E-state index is 0.0555. The number of amides is 1. The molecule has 2 atom stereocenters. The molecule has 8 heteroatoms. The highest BCUT2D eigenvalue weighted by Gasteiger charge is 2.26. The maximum atomic E-state index is 12.7. The number of hydrogen-bond donors (Lipinski definition) is 0. The normalized spacial score (nSPS) is 19.4. The van der Waals surface area contributed by atoms with Crippen LogP contribution >= 0.6 is 11.8 Å². The van der Waals surface area contributed by atoms with E-state index in [9.17, 15) is 4.79 Å². The lowest BCUT2D eigenvalue weighted by atomic mass is 10.2. The molecule has 1 aliphatic heterocycles. The van der Waals surface area contributed by atoms with Crippen LogP contribution in [0.3, 0.4) is 0 Å². The van der Waals surface area contributed by atoms with Crippen molar-refractivity contribution < 1.29 is 13.9 Å². The molecule has 3 aromatic rings. The predicted molar refractivity (Wildman–Crippen MR) is 111 cm³/mol. The lowest BCUT2D eigenvalue weighted by Gasteiger charge is -2.35. The van der Waals surface area contributed by atoms with Crippen molar-refractivity contribution in [3.8, 4) is 11.6 Å². The number of nitrogens with zero attached hydrogens (tertiary/aromatic N) is 4. The Morgan fingerprint density at radius 1 is 1.10 bits per heavy atom. The van der Waals surface area contributed by atoms with Crippen LogP contribution in [-0.2, 0) is 16.1 Å². The molecule has 1 saturated heterocycles. The van der Waals surface area contributed by atoms with Crippen LogP contribution in [0, 0.1) is 0 Å². The van der Waals surface area contributed by atoms with E-state index in [0.29, 0.717) is 42.1 Å². The van der Waals surface area contributed by atoms with Gasteiger partial charge in [-0.3, -0.25) is 9.36 Å². The summed E-state index contributed by atoms with van der Waals surface area (Å²) in [6.45, 7) is 5.84. The van der Waals surface area contributed by atoms with Crippen LogP contribution in [0.25, 0.3) is 11.6 Å². The summed E-state index contributed by atoms with van der Waals surface area (Å²) in [5.74, 6) is 1.71. The van der Waals surface area contributed by atoms with E-state index in [1.165, 1.54) is 11.8 Å². The van der Waals surface area contributed by atoms with Gasteiger partial charge in [0.15, 0.2) is 10.9 Å². The van der Waals surface area contributed by atoms with E-state index in [1.54, 1.807) is 6.26 Å². The maximum absolute atomic E-state index is 12.7.